The number of fused-ring (bicyclic) bond motifs is 1. The lowest BCUT2D eigenvalue weighted by atomic mass is 9.61. The molecule has 1 saturated carbocycles. The van der Waals surface area contributed by atoms with Crippen molar-refractivity contribution in [2.24, 2.45) is 29.6 Å². The molecule has 1 fully saturated rings. The van der Waals surface area contributed by atoms with Gasteiger partial charge in [0.25, 0.3) is 0 Å². The molecule has 0 aromatic heterocycles. The van der Waals surface area contributed by atoms with Crippen molar-refractivity contribution in [1.82, 2.24) is 0 Å². The molecule has 0 bridgehead atoms. The van der Waals surface area contributed by atoms with E-state index in [0.29, 0.717) is 0 Å². The molecule has 140 valence electrons. The fraction of sp³-hybridized carbons (Fsp3) is 0.680. The van der Waals surface area contributed by atoms with Gasteiger partial charge in [-0.2, -0.15) is 0 Å². The Kier molecular flexibility index (Phi) is 7.35. The lowest BCUT2D eigenvalue weighted by Gasteiger charge is -2.44. The molecule has 0 heteroatoms. The van der Waals surface area contributed by atoms with Crippen molar-refractivity contribution >= 4 is 0 Å². The van der Waals surface area contributed by atoms with E-state index < -0.39 is 0 Å². The second-order valence-electron chi connectivity index (χ2n) is 9.17. The first-order chi connectivity index (χ1) is 11.8. The van der Waals surface area contributed by atoms with Crippen LogP contribution in [0.2, 0.25) is 0 Å². The fourth-order valence-electron chi connectivity index (χ4n) is 5.04. The molecule has 0 aromatic rings. The van der Waals surface area contributed by atoms with Crippen LogP contribution < -0.4 is 0 Å². The van der Waals surface area contributed by atoms with Gasteiger partial charge >= 0.3 is 0 Å². The van der Waals surface area contributed by atoms with Crippen molar-refractivity contribution in [1.29, 1.82) is 0 Å². The zero-order valence-electron chi connectivity index (χ0n) is 17.4. The summed E-state index contributed by atoms with van der Waals surface area (Å²) in [4.78, 5) is 0. The average molecular weight is 341 g/mol. The van der Waals surface area contributed by atoms with Crippen LogP contribution in [0.5, 0.6) is 0 Å². The maximum atomic E-state index is 4.19. The Bertz CT molecular complexity index is 544. The number of allylic oxidation sites excluding steroid dienone is 6. The molecule has 0 heterocycles. The van der Waals surface area contributed by atoms with E-state index in [-0.39, 0.29) is 0 Å². The van der Waals surface area contributed by atoms with Crippen LogP contribution in [0.25, 0.3) is 0 Å². The minimum absolute atomic E-state index is 0.765. The first-order valence-electron chi connectivity index (χ1n) is 10.4. The Morgan fingerprint density at radius 3 is 2.16 bits per heavy atom. The van der Waals surface area contributed by atoms with Crippen molar-refractivity contribution < 1.29 is 0 Å². The Balaban J connectivity index is 0.000000196. The third-order valence-electron chi connectivity index (χ3n) is 6.94. The zero-order chi connectivity index (χ0) is 18.6. The monoisotopic (exact) mass is 340 g/mol. The molecule has 5 atom stereocenters. The van der Waals surface area contributed by atoms with Crippen molar-refractivity contribution in [2.75, 3.05) is 0 Å². The zero-order valence-corrected chi connectivity index (χ0v) is 17.4. The van der Waals surface area contributed by atoms with Gasteiger partial charge in [-0.1, -0.05) is 54.5 Å². The summed E-state index contributed by atoms with van der Waals surface area (Å²) < 4.78 is 0. The van der Waals surface area contributed by atoms with E-state index in [1.807, 2.05) is 0 Å². The van der Waals surface area contributed by atoms with Gasteiger partial charge < -0.3 is 0 Å². The van der Waals surface area contributed by atoms with Gasteiger partial charge in [0.05, 0.1) is 0 Å². The van der Waals surface area contributed by atoms with Gasteiger partial charge in [0.1, 0.15) is 0 Å². The summed E-state index contributed by atoms with van der Waals surface area (Å²) in [6.07, 6.45) is 14.2. The first-order valence-corrected chi connectivity index (χ1v) is 10.4. The molecular formula is C25H40. The molecule has 3 aliphatic rings. The number of hydrogen-bond acceptors (Lipinski definition) is 0. The summed E-state index contributed by atoms with van der Waals surface area (Å²) in [5, 5.41) is 0. The third kappa shape index (κ3) is 5.47. The quantitative estimate of drug-likeness (QED) is 0.448. The van der Waals surface area contributed by atoms with E-state index in [2.05, 4.69) is 59.9 Å². The summed E-state index contributed by atoms with van der Waals surface area (Å²) >= 11 is 0. The van der Waals surface area contributed by atoms with E-state index in [1.165, 1.54) is 56.1 Å². The molecule has 3 rings (SSSR count). The molecule has 0 spiro atoms. The van der Waals surface area contributed by atoms with Gasteiger partial charge in [0, 0.05) is 0 Å². The van der Waals surface area contributed by atoms with Crippen molar-refractivity contribution in [3.63, 3.8) is 0 Å². The fourth-order valence-corrected chi connectivity index (χ4v) is 5.04. The smallest absolute Gasteiger partial charge is 0.0134 e. The molecule has 0 amide bonds. The van der Waals surface area contributed by atoms with E-state index >= 15 is 0 Å². The van der Waals surface area contributed by atoms with Gasteiger partial charge in [-0.3, -0.25) is 0 Å². The highest BCUT2D eigenvalue weighted by Crippen LogP contribution is 2.47. The second kappa shape index (κ2) is 9.06. The summed E-state index contributed by atoms with van der Waals surface area (Å²) in [5.74, 6) is 4.20. The highest BCUT2D eigenvalue weighted by molar-refractivity contribution is 5.15. The van der Waals surface area contributed by atoms with E-state index in [4.69, 9.17) is 0 Å². The average Bonchev–Trinajstić information content (AvgIpc) is 2.55. The molecule has 0 N–H and O–H groups in total. The molecule has 0 saturated heterocycles. The Morgan fingerprint density at radius 2 is 1.60 bits per heavy atom. The number of rotatable bonds is 2. The Morgan fingerprint density at radius 1 is 0.920 bits per heavy atom. The minimum atomic E-state index is 0.765. The van der Waals surface area contributed by atoms with E-state index in [1.54, 1.807) is 11.1 Å². The van der Waals surface area contributed by atoms with Crippen LogP contribution in [0, 0.1) is 29.6 Å². The highest BCUT2D eigenvalue weighted by Gasteiger charge is 2.37. The van der Waals surface area contributed by atoms with Gasteiger partial charge in [0.2, 0.25) is 0 Å². The van der Waals surface area contributed by atoms with Crippen LogP contribution in [0.1, 0.15) is 79.6 Å². The summed E-state index contributed by atoms with van der Waals surface area (Å²) in [5.41, 5.74) is 5.92. The molecule has 3 aliphatic carbocycles. The van der Waals surface area contributed by atoms with Crippen LogP contribution in [-0.2, 0) is 0 Å². The van der Waals surface area contributed by atoms with Crippen LogP contribution in [-0.4, -0.2) is 0 Å². The van der Waals surface area contributed by atoms with Crippen LogP contribution in [0.4, 0.5) is 0 Å². The summed E-state index contributed by atoms with van der Waals surface area (Å²) in [7, 11) is 0. The SMILES string of the molecule is C=C(C)[C@@H]1CC[C@@H](C)[C@@H]2CCC(C)=C[C@@H]21.C=C(C)[C@H]1CC=C(C)CC1. The molecule has 0 aliphatic heterocycles. The predicted octanol–water partition coefficient (Wildman–Crippen LogP) is 7.89. The predicted molar refractivity (Wildman–Crippen MR) is 113 cm³/mol. The van der Waals surface area contributed by atoms with E-state index in [0.717, 1.165) is 29.6 Å². The van der Waals surface area contributed by atoms with Crippen molar-refractivity contribution in [3.8, 4) is 0 Å². The van der Waals surface area contributed by atoms with Crippen molar-refractivity contribution in [3.05, 3.63) is 47.6 Å². The summed E-state index contributed by atoms with van der Waals surface area (Å²) in [6, 6.07) is 0. The molecular weight excluding hydrogens is 300 g/mol. The second-order valence-corrected chi connectivity index (χ2v) is 9.17. The van der Waals surface area contributed by atoms with Crippen LogP contribution in [0.3, 0.4) is 0 Å². The van der Waals surface area contributed by atoms with Gasteiger partial charge in [0.15, 0.2) is 0 Å². The lowest BCUT2D eigenvalue weighted by molar-refractivity contribution is 0.135. The first kappa shape index (κ1) is 20.3. The van der Waals surface area contributed by atoms with Gasteiger partial charge in [-0.25, -0.2) is 0 Å². The number of hydrogen-bond donors (Lipinski definition) is 0. The Labute approximate surface area is 157 Å². The van der Waals surface area contributed by atoms with Gasteiger partial charge in [-0.15, -0.1) is 0 Å². The lowest BCUT2D eigenvalue weighted by Crippen LogP contribution is -2.34. The third-order valence-corrected chi connectivity index (χ3v) is 6.94. The van der Waals surface area contributed by atoms with Crippen LogP contribution >= 0.6 is 0 Å². The highest BCUT2D eigenvalue weighted by atomic mass is 14.4. The molecule has 0 unspecified atom stereocenters. The summed E-state index contributed by atoms with van der Waals surface area (Å²) in [6.45, 7) is 19.5. The maximum absolute atomic E-state index is 4.19. The molecule has 0 radical (unpaired) electrons. The standard InChI is InChI=1S/C15H24.C10H16/c1-10(2)13-8-6-12(4)14-7-5-11(3)9-15(13)14;1-8(2)10-6-4-9(3)5-7-10/h9,12-15H,1,5-8H2,2-4H3;4,10H,1,5-7H2,2-3H3/t12-,13+,14+,15-;10-/m10/s1. The maximum Gasteiger partial charge on any atom is -0.0134 e. The van der Waals surface area contributed by atoms with Crippen LogP contribution in [0.15, 0.2) is 47.6 Å². The topological polar surface area (TPSA) is 0 Å². The minimum Gasteiger partial charge on any atom is -0.0998 e. The largest absolute Gasteiger partial charge is 0.0998 e. The normalized spacial score (nSPS) is 34.7. The molecule has 0 nitrogen and oxygen atoms in total. The van der Waals surface area contributed by atoms with Gasteiger partial charge in [-0.05, 0) is 102 Å². The Hall–Kier alpha value is -1.04. The molecule has 0 aromatic carbocycles. The van der Waals surface area contributed by atoms with Crippen molar-refractivity contribution in [2.45, 2.75) is 79.6 Å². The molecule has 25 heavy (non-hydrogen) atoms. The van der Waals surface area contributed by atoms with E-state index in [9.17, 15) is 0 Å².